The van der Waals surface area contributed by atoms with E-state index < -0.39 is 14.9 Å². The Hall–Kier alpha value is -0.700. The van der Waals surface area contributed by atoms with Crippen molar-refractivity contribution in [2.45, 2.75) is 41.4 Å². The van der Waals surface area contributed by atoms with Crippen molar-refractivity contribution < 1.29 is 13.3 Å². The molecule has 0 aliphatic heterocycles. The van der Waals surface area contributed by atoms with E-state index >= 15 is 0 Å². The third-order valence-corrected chi connectivity index (χ3v) is 6.47. The largest absolute Gasteiger partial charge is 0.271 e. The number of nitrogens with one attached hydrogen (secondary N) is 1. The van der Waals surface area contributed by atoms with Crippen LogP contribution in [0.25, 0.3) is 0 Å². The molecule has 0 bridgehead atoms. The molecule has 2 rings (SSSR count). The molecule has 0 amide bonds. The highest BCUT2D eigenvalue weighted by Gasteiger charge is 2.29. The maximum Gasteiger partial charge on any atom is 0.271 e. The molecule has 1 aromatic carbocycles. The number of halogens is 2. The zero-order valence-corrected chi connectivity index (χ0v) is 14.1. The van der Waals surface area contributed by atoms with E-state index in [1.807, 2.05) is 0 Å². The summed E-state index contributed by atoms with van der Waals surface area (Å²) in [5, 5.41) is 10.5. The molecule has 1 aromatic rings. The summed E-state index contributed by atoms with van der Waals surface area (Å²) in [6, 6.07) is 3.14. The lowest BCUT2D eigenvalue weighted by Gasteiger charge is -2.28. The van der Waals surface area contributed by atoms with Gasteiger partial charge >= 0.3 is 0 Å². The Bertz CT molecular complexity index is 653. The highest BCUT2D eigenvalue weighted by atomic mass is 79.9. The summed E-state index contributed by atoms with van der Waals surface area (Å²) in [7, 11) is -3.80. The molecule has 2 atom stereocenters. The minimum absolute atomic E-state index is 0.0813. The van der Waals surface area contributed by atoms with Gasteiger partial charge in [0.2, 0.25) is 10.0 Å². The normalized spacial score (nSPS) is 23.0. The van der Waals surface area contributed by atoms with Crippen molar-refractivity contribution in [3.8, 4) is 0 Å². The molecule has 0 saturated heterocycles. The summed E-state index contributed by atoms with van der Waals surface area (Å²) in [6.07, 6.45) is 3.68. The number of rotatable bonds is 4. The van der Waals surface area contributed by atoms with Crippen molar-refractivity contribution in [1.29, 1.82) is 0 Å². The number of nitrogens with zero attached hydrogens (tertiary/aromatic N) is 1. The number of hydrogen-bond donors (Lipinski definition) is 1. The SMILES string of the molecule is O=[N+]([O-])c1ccc(S(=O)(=O)NC2CCCCC2Br)c(Cl)c1. The Morgan fingerprint density at radius 1 is 1.33 bits per heavy atom. The Morgan fingerprint density at radius 2 is 2.00 bits per heavy atom. The minimum atomic E-state index is -3.80. The third kappa shape index (κ3) is 3.94. The van der Waals surface area contributed by atoms with Gasteiger partial charge in [-0.2, -0.15) is 0 Å². The van der Waals surface area contributed by atoms with Gasteiger partial charge in [-0.15, -0.1) is 0 Å². The van der Waals surface area contributed by atoms with Crippen LogP contribution in [0.4, 0.5) is 5.69 Å². The van der Waals surface area contributed by atoms with E-state index in [1.165, 1.54) is 0 Å². The molecule has 0 radical (unpaired) electrons. The first-order valence-corrected chi connectivity index (χ1v) is 9.19. The topological polar surface area (TPSA) is 89.3 Å². The fourth-order valence-corrected chi connectivity index (χ4v) is 5.05. The number of nitro groups is 1. The molecule has 1 N–H and O–H groups in total. The molecule has 1 fully saturated rings. The monoisotopic (exact) mass is 396 g/mol. The molecule has 6 nitrogen and oxygen atoms in total. The van der Waals surface area contributed by atoms with E-state index in [9.17, 15) is 18.5 Å². The van der Waals surface area contributed by atoms with Crippen LogP contribution in [0.15, 0.2) is 23.1 Å². The maximum absolute atomic E-state index is 12.4. The van der Waals surface area contributed by atoms with E-state index in [2.05, 4.69) is 20.7 Å². The molecule has 0 heterocycles. The molecular formula is C12H14BrClN2O4S. The van der Waals surface area contributed by atoms with Gasteiger partial charge in [0.1, 0.15) is 4.90 Å². The second-order valence-corrected chi connectivity index (χ2v) is 8.17. The van der Waals surface area contributed by atoms with Crippen LogP contribution in [0.1, 0.15) is 25.7 Å². The number of hydrogen-bond acceptors (Lipinski definition) is 4. The minimum Gasteiger partial charge on any atom is -0.258 e. The quantitative estimate of drug-likeness (QED) is 0.480. The number of nitro benzene ring substituents is 1. The summed E-state index contributed by atoms with van der Waals surface area (Å²) >= 11 is 9.36. The molecule has 116 valence electrons. The lowest BCUT2D eigenvalue weighted by atomic mass is 9.96. The maximum atomic E-state index is 12.4. The first kappa shape index (κ1) is 16.7. The Balaban J connectivity index is 2.25. The molecule has 2 unspecified atom stereocenters. The van der Waals surface area contributed by atoms with Gasteiger partial charge in [-0.3, -0.25) is 10.1 Å². The van der Waals surface area contributed by atoms with E-state index in [1.54, 1.807) is 0 Å². The van der Waals surface area contributed by atoms with Crippen LogP contribution in [-0.2, 0) is 10.0 Å². The number of non-ortho nitro benzene ring substituents is 1. The Kier molecular flexibility index (Phi) is 5.24. The van der Waals surface area contributed by atoms with Crippen LogP contribution in [0.2, 0.25) is 5.02 Å². The molecule has 0 spiro atoms. The van der Waals surface area contributed by atoms with E-state index in [4.69, 9.17) is 11.6 Å². The summed E-state index contributed by atoms with van der Waals surface area (Å²) in [4.78, 5) is 9.97. The first-order valence-electron chi connectivity index (χ1n) is 6.41. The summed E-state index contributed by atoms with van der Waals surface area (Å²) in [5.41, 5.74) is -0.241. The first-order chi connectivity index (χ1) is 9.81. The van der Waals surface area contributed by atoms with Gasteiger partial charge in [0, 0.05) is 23.0 Å². The Morgan fingerprint density at radius 3 is 2.57 bits per heavy atom. The molecule has 1 aliphatic carbocycles. The average molecular weight is 398 g/mol. The van der Waals surface area contributed by atoms with Crippen molar-refractivity contribution in [2.24, 2.45) is 0 Å². The van der Waals surface area contributed by atoms with Gasteiger partial charge in [0.25, 0.3) is 5.69 Å². The second kappa shape index (κ2) is 6.60. The van der Waals surface area contributed by atoms with Crippen LogP contribution in [0.5, 0.6) is 0 Å². The fourth-order valence-electron chi connectivity index (χ4n) is 2.30. The van der Waals surface area contributed by atoms with Crippen LogP contribution in [-0.4, -0.2) is 24.2 Å². The van der Waals surface area contributed by atoms with Crippen molar-refractivity contribution >= 4 is 43.2 Å². The van der Waals surface area contributed by atoms with Gasteiger partial charge in [0.05, 0.1) is 9.95 Å². The van der Waals surface area contributed by atoms with Crippen LogP contribution >= 0.6 is 27.5 Å². The second-order valence-electron chi connectivity index (χ2n) is 4.90. The lowest BCUT2D eigenvalue weighted by molar-refractivity contribution is -0.384. The molecule has 9 heteroatoms. The van der Waals surface area contributed by atoms with E-state index in [0.29, 0.717) is 0 Å². The van der Waals surface area contributed by atoms with Crippen molar-refractivity contribution in [2.75, 3.05) is 0 Å². The zero-order chi connectivity index (χ0) is 15.6. The Labute approximate surface area is 136 Å². The fraction of sp³-hybridized carbons (Fsp3) is 0.500. The molecular weight excluding hydrogens is 384 g/mol. The van der Waals surface area contributed by atoms with Gasteiger partial charge in [-0.05, 0) is 18.9 Å². The van der Waals surface area contributed by atoms with Crippen molar-refractivity contribution in [3.05, 3.63) is 33.3 Å². The summed E-state index contributed by atoms with van der Waals surface area (Å²) in [5.74, 6) is 0. The zero-order valence-electron chi connectivity index (χ0n) is 11.0. The van der Waals surface area contributed by atoms with Gasteiger partial charge < -0.3 is 0 Å². The molecule has 1 saturated carbocycles. The van der Waals surface area contributed by atoms with Gasteiger partial charge in [-0.1, -0.05) is 40.4 Å². The van der Waals surface area contributed by atoms with Crippen molar-refractivity contribution in [1.82, 2.24) is 4.72 Å². The lowest BCUT2D eigenvalue weighted by Crippen LogP contribution is -2.42. The summed E-state index contributed by atoms with van der Waals surface area (Å²) in [6.45, 7) is 0. The smallest absolute Gasteiger partial charge is 0.258 e. The number of benzene rings is 1. The number of alkyl halides is 1. The molecule has 0 aromatic heterocycles. The van der Waals surface area contributed by atoms with Crippen molar-refractivity contribution in [3.63, 3.8) is 0 Å². The van der Waals surface area contributed by atoms with Gasteiger partial charge in [-0.25, -0.2) is 13.1 Å². The third-order valence-electron chi connectivity index (χ3n) is 3.40. The predicted octanol–water partition coefficient (Wildman–Crippen LogP) is 3.23. The van der Waals surface area contributed by atoms with Crippen LogP contribution < -0.4 is 4.72 Å². The van der Waals surface area contributed by atoms with E-state index in [-0.39, 0.29) is 26.5 Å². The highest BCUT2D eigenvalue weighted by molar-refractivity contribution is 9.09. The van der Waals surface area contributed by atoms with Crippen LogP contribution in [0, 0.1) is 10.1 Å². The standard InChI is InChI=1S/C12H14BrClN2O4S/c13-9-3-1-2-4-11(9)15-21(19,20)12-6-5-8(16(17)18)7-10(12)14/h5-7,9,11,15H,1-4H2. The molecule has 1 aliphatic rings. The summed E-state index contributed by atoms with van der Waals surface area (Å²) < 4.78 is 27.3. The number of sulfonamides is 1. The average Bonchev–Trinajstić information content (AvgIpc) is 2.40. The highest BCUT2D eigenvalue weighted by Crippen LogP contribution is 2.29. The van der Waals surface area contributed by atoms with Gasteiger partial charge in [0.15, 0.2) is 0 Å². The molecule has 21 heavy (non-hydrogen) atoms. The van der Waals surface area contributed by atoms with E-state index in [0.717, 1.165) is 43.9 Å². The predicted molar refractivity (Wildman–Crippen MR) is 83.4 cm³/mol. The van der Waals surface area contributed by atoms with Crippen LogP contribution in [0.3, 0.4) is 0 Å².